The van der Waals surface area contributed by atoms with Gasteiger partial charge in [0.05, 0.1) is 6.20 Å². The fraction of sp³-hybridized carbons (Fsp3) is 0.400. The highest BCUT2D eigenvalue weighted by molar-refractivity contribution is 7.59. The third kappa shape index (κ3) is 2.82. The van der Waals surface area contributed by atoms with E-state index in [1.54, 1.807) is 0 Å². The van der Waals surface area contributed by atoms with E-state index in [2.05, 4.69) is 15.2 Å². The highest BCUT2D eigenvalue weighted by Gasteiger charge is 2.19. The first-order valence-corrected chi connectivity index (χ1v) is 5.10. The molecule has 0 bridgehead atoms. The Bertz CT molecular complexity index is 321. The van der Waals surface area contributed by atoms with Crippen LogP contribution < -0.4 is 11.2 Å². The molecule has 0 aliphatic carbocycles. The van der Waals surface area contributed by atoms with Crippen LogP contribution in [0.25, 0.3) is 0 Å². The fourth-order valence-electron chi connectivity index (χ4n) is 0.670. The van der Waals surface area contributed by atoms with Gasteiger partial charge in [-0.1, -0.05) is 0 Å². The van der Waals surface area contributed by atoms with E-state index in [4.69, 9.17) is 15.5 Å². The van der Waals surface area contributed by atoms with Gasteiger partial charge in [0, 0.05) is 6.42 Å². The van der Waals surface area contributed by atoms with Gasteiger partial charge >= 0.3 is 7.60 Å². The van der Waals surface area contributed by atoms with Crippen molar-refractivity contribution in [3.8, 4) is 0 Å². The molecule has 72 valence electrons. The Morgan fingerprint density at radius 1 is 1.46 bits per heavy atom. The van der Waals surface area contributed by atoms with E-state index < -0.39 is 13.0 Å². The van der Waals surface area contributed by atoms with Gasteiger partial charge in [0.2, 0.25) is 0 Å². The van der Waals surface area contributed by atoms with Crippen molar-refractivity contribution in [2.45, 2.75) is 6.42 Å². The first kappa shape index (κ1) is 10.2. The Hall–Kier alpha value is -0.880. The molecule has 0 aliphatic heterocycles. The lowest BCUT2D eigenvalue weighted by molar-refractivity contribution is 0.385. The first-order chi connectivity index (χ1) is 6.04. The van der Waals surface area contributed by atoms with Gasteiger partial charge in [0.25, 0.3) is 0 Å². The van der Waals surface area contributed by atoms with Crippen molar-refractivity contribution in [3.05, 3.63) is 12.0 Å². The van der Waals surface area contributed by atoms with Gasteiger partial charge in [-0.15, -0.1) is 10.2 Å². The Morgan fingerprint density at radius 2 is 2.15 bits per heavy atom. The monoisotopic (exact) mass is 204 g/mol. The molecule has 8 heteroatoms. The molecule has 7 nitrogen and oxygen atoms in total. The van der Waals surface area contributed by atoms with E-state index in [0.29, 0.717) is 18.8 Å². The van der Waals surface area contributed by atoms with Gasteiger partial charge in [0.15, 0.2) is 11.3 Å². The molecule has 0 spiro atoms. The number of hydrogen-bond donors (Lipinski definition) is 3. The van der Waals surface area contributed by atoms with Crippen LogP contribution in [0.15, 0.2) is 6.20 Å². The largest absolute Gasteiger partial charge is 0.377 e. The molecule has 0 saturated carbocycles. The van der Waals surface area contributed by atoms with Crippen LogP contribution in [0.3, 0.4) is 0 Å². The topological polar surface area (TPSA) is 122 Å². The second-order valence-corrected chi connectivity index (χ2v) is 3.86. The van der Waals surface area contributed by atoms with Crippen molar-refractivity contribution < 1.29 is 14.4 Å². The van der Waals surface area contributed by atoms with Crippen LogP contribution in [0.2, 0.25) is 0 Å². The standard InChI is InChI=1S/C5H9N4O3P/c6-2-1-4-7-3-5(9-8-4)13(10,11)12/h3H,1-2,6H2,(H2,10,11,12). The number of nitrogens with two attached hydrogens (primary N) is 1. The maximum atomic E-state index is 10.6. The molecule has 0 radical (unpaired) electrons. The number of nitrogens with zero attached hydrogens (tertiary/aromatic N) is 3. The average molecular weight is 204 g/mol. The van der Waals surface area contributed by atoms with Crippen LogP contribution in [-0.2, 0) is 11.0 Å². The Balaban J connectivity index is 2.88. The van der Waals surface area contributed by atoms with Gasteiger partial charge in [-0.05, 0) is 6.54 Å². The summed E-state index contributed by atoms with van der Waals surface area (Å²) in [5, 5.41) is 6.84. The summed E-state index contributed by atoms with van der Waals surface area (Å²) in [5.41, 5.74) is 4.80. The lowest BCUT2D eigenvalue weighted by Crippen LogP contribution is -2.15. The molecule has 0 aromatic carbocycles. The van der Waals surface area contributed by atoms with Gasteiger partial charge in [0.1, 0.15) is 0 Å². The van der Waals surface area contributed by atoms with Crippen LogP contribution in [-0.4, -0.2) is 31.5 Å². The quantitative estimate of drug-likeness (QED) is 0.495. The van der Waals surface area contributed by atoms with Crippen molar-refractivity contribution >= 4 is 13.0 Å². The first-order valence-electron chi connectivity index (χ1n) is 3.49. The molecule has 0 aliphatic rings. The average Bonchev–Trinajstić information content (AvgIpc) is 2.04. The molecule has 13 heavy (non-hydrogen) atoms. The van der Waals surface area contributed by atoms with Crippen LogP contribution in [0, 0.1) is 0 Å². The third-order valence-electron chi connectivity index (χ3n) is 1.26. The van der Waals surface area contributed by atoms with Gasteiger partial charge in [-0.2, -0.15) is 0 Å². The lowest BCUT2D eigenvalue weighted by Gasteiger charge is -2.01. The fourth-order valence-corrected chi connectivity index (χ4v) is 1.04. The summed E-state index contributed by atoms with van der Waals surface area (Å²) in [7, 11) is -4.32. The molecule has 0 atom stereocenters. The molecule has 1 aromatic rings. The maximum absolute atomic E-state index is 10.6. The predicted octanol–water partition coefficient (Wildman–Crippen LogP) is -1.82. The molecule has 1 rings (SSSR count). The zero-order valence-corrected chi connectivity index (χ0v) is 7.55. The van der Waals surface area contributed by atoms with Crippen molar-refractivity contribution in [1.29, 1.82) is 0 Å². The number of hydrogen-bond acceptors (Lipinski definition) is 5. The van der Waals surface area contributed by atoms with Gasteiger partial charge in [-0.25, -0.2) is 4.98 Å². The highest BCUT2D eigenvalue weighted by Crippen LogP contribution is 2.30. The molecular formula is C5H9N4O3P. The zero-order valence-electron chi connectivity index (χ0n) is 6.66. The van der Waals surface area contributed by atoms with Gasteiger partial charge < -0.3 is 15.5 Å². The van der Waals surface area contributed by atoms with Crippen molar-refractivity contribution in [1.82, 2.24) is 15.2 Å². The van der Waals surface area contributed by atoms with E-state index in [-0.39, 0.29) is 0 Å². The van der Waals surface area contributed by atoms with E-state index in [9.17, 15) is 4.57 Å². The minimum absolute atomic E-state index is 0.372. The maximum Gasteiger partial charge on any atom is 0.377 e. The molecule has 0 saturated heterocycles. The van der Waals surface area contributed by atoms with Crippen molar-refractivity contribution in [2.75, 3.05) is 6.54 Å². The molecule has 0 amide bonds. The van der Waals surface area contributed by atoms with Gasteiger partial charge in [-0.3, -0.25) is 4.57 Å². The summed E-state index contributed by atoms with van der Waals surface area (Å²) in [6, 6.07) is 0. The summed E-state index contributed by atoms with van der Waals surface area (Å²) in [4.78, 5) is 21.0. The summed E-state index contributed by atoms with van der Waals surface area (Å²) in [5.74, 6) is 0.375. The predicted molar refractivity (Wildman–Crippen MR) is 44.3 cm³/mol. The molecule has 1 aromatic heterocycles. The van der Waals surface area contributed by atoms with Crippen LogP contribution in [0.1, 0.15) is 5.82 Å². The van der Waals surface area contributed by atoms with Crippen LogP contribution in [0.5, 0.6) is 0 Å². The minimum Gasteiger partial charge on any atom is -0.330 e. The third-order valence-corrected chi connectivity index (χ3v) is 2.07. The highest BCUT2D eigenvalue weighted by atomic mass is 31.2. The molecule has 1 heterocycles. The minimum atomic E-state index is -4.32. The summed E-state index contributed by atoms with van der Waals surface area (Å²) >= 11 is 0. The number of rotatable bonds is 3. The van der Waals surface area contributed by atoms with Crippen molar-refractivity contribution in [2.24, 2.45) is 5.73 Å². The second-order valence-electron chi connectivity index (χ2n) is 2.32. The number of aromatic nitrogens is 3. The Morgan fingerprint density at radius 3 is 2.54 bits per heavy atom. The summed E-state index contributed by atoms with van der Waals surface area (Å²) in [6.45, 7) is 0.372. The smallest absolute Gasteiger partial charge is 0.330 e. The van der Waals surface area contributed by atoms with E-state index in [0.717, 1.165) is 6.20 Å². The normalized spacial score (nSPS) is 11.6. The zero-order chi connectivity index (χ0) is 9.90. The molecule has 0 fully saturated rings. The molecule has 4 N–H and O–H groups in total. The SMILES string of the molecule is NCCc1ncc(P(=O)(O)O)nn1. The van der Waals surface area contributed by atoms with Crippen molar-refractivity contribution in [3.63, 3.8) is 0 Å². The van der Waals surface area contributed by atoms with Crippen LogP contribution in [0.4, 0.5) is 0 Å². The van der Waals surface area contributed by atoms with Crippen LogP contribution >= 0.6 is 7.60 Å². The Labute approximate surface area is 74.2 Å². The lowest BCUT2D eigenvalue weighted by atomic mass is 10.4. The van der Waals surface area contributed by atoms with E-state index >= 15 is 0 Å². The molecule has 0 unspecified atom stereocenters. The molecular weight excluding hydrogens is 195 g/mol. The Kier molecular flexibility index (Phi) is 3.05. The summed E-state index contributed by atoms with van der Waals surface area (Å²) in [6.07, 6.45) is 1.45. The second kappa shape index (κ2) is 3.89. The summed E-state index contributed by atoms with van der Waals surface area (Å²) < 4.78 is 10.6. The van der Waals surface area contributed by atoms with E-state index in [1.165, 1.54) is 0 Å². The van der Waals surface area contributed by atoms with E-state index in [1.807, 2.05) is 0 Å².